The van der Waals surface area contributed by atoms with E-state index >= 15 is 0 Å². The molecule has 3 N–H and O–H groups in total. The molecule has 1 aliphatic rings. The van der Waals surface area contributed by atoms with Gasteiger partial charge in [0, 0.05) is 19.1 Å². The summed E-state index contributed by atoms with van der Waals surface area (Å²) in [4.78, 5) is 0. The maximum atomic E-state index is 11.5. The van der Waals surface area contributed by atoms with Gasteiger partial charge in [-0.3, -0.25) is 0 Å². The average molecular weight is 249 g/mol. The molecule has 0 unspecified atom stereocenters. The summed E-state index contributed by atoms with van der Waals surface area (Å²) in [5, 5.41) is 3.34. The molecule has 0 spiro atoms. The predicted molar refractivity (Wildman–Crippen MR) is 65.4 cm³/mol. The summed E-state index contributed by atoms with van der Waals surface area (Å²) in [5.74, 6) is 0.327. The Labute approximate surface area is 98.6 Å². The van der Waals surface area contributed by atoms with Crippen LogP contribution in [0.1, 0.15) is 33.1 Å². The lowest BCUT2D eigenvalue weighted by atomic mass is 10.2. The van der Waals surface area contributed by atoms with Gasteiger partial charge in [-0.2, -0.15) is 8.42 Å². The second kappa shape index (κ2) is 6.54. The quantitative estimate of drug-likeness (QED) is 0.604. The van der Waals surface area contributed by atoms with Crippen molar-refractivity contribution in [2.24, 2.45) is 5.92 Å². The summed E-state index contributed by atoms with van der Waals surface area (Å²) in [6.07, 6.45) is 3.22. The summed E-state index contributed by atoms with van der Waals surface area (Å²) in [6, 6.07) is 0.479. The Hall–Kier alpha value is -0.170. The Morgan fingerprint density at radius 1 is 1.38 bits per heavy atom. The van der Waals surface area contributed by atoms with Crippen molar-refractivity contribution in [1.82, 2.24) is 14.8 Å². The van der Waals surface area contributed by atoms with Gasteiger partial charge in [-0.1, -0.05) is 13.8 Å². The molecule has 0 bridgehead atoms. The van der Waals surface area contributed by atoms with E-state index < -0.39 is 10.2 Å². The molecule has 96 valence electrons. The van der Waals surface area contributed by atoms with Gasteiger partial charge in [-0.05, 0) is 31.7 Å². The van der Waals surface area contributed by atoms with Crippen LogP contribution in [0.5, 0.6) is 0 Å². The Kier molecular flexibility index (Phi) is 5.68. The minimum absolute atomic E-state index is 0.327. The monoisotopic (exact) mass is 249 g/mol. The van der Waals surface area contributed by atoms with E-state index in [9.17, 15) is 8.42 Å². The van der Waals surface area contributed by atoms with Crippen LogP contribution in [0.4, 0.5) is 0 Å². The third kappa shape index (κ3) is 5.79. The zero-order valence-electron chi connectivity index (χ0n) is 10.1. The van der Waals surface area contributed by atoms with E-state index in [1.54, 1.807) is 0 Å². The molecule has 0 aromatic rings. The van der Waals surface area contributed by atoms with E-state index in [-0.39, 0.29) is 0 Å². The molecule has 6 heteroatoms. The molecule has 0 radical (unpaired) electrons. The summed E-state index contributed by atoms with van der Waals surface area (Å²) >= 11 is 0. The van der Waals surface area contributed by atoms with Crippen LogP contribution in [0, 0.1) is 5.92 Å². The fourth-order valence-corrected chi connectivity index (χ4v) is 2.74. The number of hydrogen-bond donors (Lipinski definition) is 3. The topological polar surface area (TPSA) is 70.2 Å². The lowest BCUT2D eigenvalue weighted by molar-refractivity contribution is 0.525. The maximum absolute atomic E-state index is 11.5. The molecular weight excluding hydrogens is 226 g/mol. The summed E-state index contributed by atoms with van der Waals surface area (Å²) in [5.41, 5.74) is 0. The number of nitrogens with one attached hydrogen (secondary N) is 3. The van der Waals surface area contributed by atoms with Gasteiger partial charge in [-0.25, -0.2) is 9.44 Å². The standard InChI is InChI=1S/C10H23N3O2S/c1-9(2)8-13-16(14,15)12-7-5-10-4-3-6-11-10/h9-13H,3-8H2,1-2H3/t10-/m0/s1. The second-order valence-electron chi connectivity index (χ2n) is 4.72. The fraction of sp³-hybridized carbons (Fsp3) is 1.00. The molecule has 1 aliphatic heterocycles. The molecule has 1 rings (SSSR count). The molecule has 1 atom stereocenters. The van der Waals surface area contributed by atoms with E-state index in [0.717, 1.165) is 19.4 Å². The second-order valence-corrected chi connectivity index (χ2v) is 6.31. The van der Waals surface area contributed by atoms with Gasteiger partial charge in [0.25, 0.3) is 10.2 Å². The van der Waals surface area contributed by atoms with Crippen molar-refractivity contribution in [3.8, 4) is 0 Å². The molecule has 1 saturated heterocycles. The molecule has 0 aromatic carbocycles. The molecule has 0 aliphatic carbocycles. The Balaban J connectivity index is 2.14. The molecule has 0 saturated carbocycles. The van der Waals surface area contributed by atoms with Crippen LogP contribution < -0.4 is 14.8 Å². The molecule has 1 fully saturated rings. The van der Waals surface area contributed by atoms with Crippen LogP contribution in [0.3, 0.4) is 0 Å². The van der Waals surface area contributed by atoms with Crippen molar-refractivity contribution < 1.29 is 8.42 Å². The highest BCUT2D eigenvalue weighted by atomic mass is 32.2. The Morgan fingerprint density at radius 2 is 2.12 bits per heavy atom. The van der Waals surface area contributed by atoms with Crippen molar-refractivity contribution >= 4 is 10.2 Å². The first-order valence-corrected chi connectivity index (χ1v) is 7.45. The van der Waals surface area contributed by atoms with E-state index in [1.807, 2.05) is 13.8 Å². The fourth-order valence-electron chi connectivity index (χ4n) is 1.70. The van der Waals surface area contributed by atoms with Crippen molar-refractivity contribution in [3.05, 3.63) is 0 Å². The van der Waals surface area contributed by atoms with E-state index in [0.29, 0.717) is 25.0 Å². The van der Waals surface area contributed by atoms with Gasteiger partial charge in [-0.15, -0.1) is 0 Å². The maximum Gasteiger partial charge on any atom is 0.276 e. The first kappa shape index (κ1) is 13.9. The molecule has 1 heterocycles. The normalized spacial score (nSPS) is 21.8. The highest BCUT2D eigenvalue weighted by molar-refractivity contribution is 7.87. The van der Waals surface area contributed by atoms with Crippen molar-refractivity contribution in [2.75, 3.05) is 19.6 Å². The minimum atomic E-state index is -3.30. The Bertz CT molecular complexity index is 284. The summed E-state index contributed by atoms with van der Waals surface area (Å²) in [7, 11) is -3.30. The van der Waals surface area contributed by atoms with Crippen LogP contribution in [0.15, 0.2) is 0 Å². The van der Waals surface area contributed by atoms with E-state index in [2.05, 4.69) is 14.8 Å². The largest absolute Gasteiger partial charge is 0.314 e. The number of rotatable bonds is 7. The van der Waals surface area contributed by atoms with Crippen molar-refractivity contribution in [2.45, 2.75) is 39.2 Å². The van der Waals surface area contributed by atoms with Gasteiger partial charge < -0.3 is 5.32 Å². The van der Waals surface area contributed by atoms with Crippen molar-refractivity contribution in [3.63, 3.8) is 0 Å². The number of hydrogen-bond acceptors (Lipinski definition) is 3. The van der Waals surface area contributed by atoms with Gasteiger partial charge >= 0.3 is 0 Å². The highest BCUT2D eigenvalue weighted by Crippen LogP contribution is 2.07. The minimum Gasteiger partial charge on any atom is -0.314 e. The van der Waals surface area contributed by atoms with E-state index in [4.69, 9.17) is 0 Å². The third-order valence-electron chi connectivity index (χ3n) is 2.63. The van der Waals surface area contributed by atoms with Crippen LogP contribution in [-0.4, -0.2) is 34.1 Å². The van der Waals surface area contributed by atoms with E-state index in [1.165, 1.54) is 6.42 Å². The molecule has 16 heavy (non-hydrogen) atoms. The highest BCUT2D eigenvalue weighted by Gasteiger charge is 2.15. The zero-order chi connectivity index (χ0) is 12.0. The zero-order valence-corrected chi connectivity index (χ0v) is 10.9. The van der Waals surface area contributed by atoms with Crippen LogP contribution in [0.2, 0.25) is 0 Å². The smallest absolute Gasteiger partial charge is 0.276 e. The van der Waals surface area contributed by atoms with Gasteiger partial charge in [0.05, 0.1) is 0 Å². The summed E-state index contributed by atoms with van der Waals surface area (Å²) < 4.78 is 28.0. The molecule has 0 amide bonds. The SMILES string of the molecule is CC(C)CNS(=O)(=O)NCC[C@@H]1CCCN1. The molecular formula is C10H23N3O2S. The first-order chi connectivity index (χ1) is 7.49. The average Bonchev–Trinajstić information content (AvgIpc) is 2.68. The molecule has 5 nitrogen and oxygen atoms in total. The lowest BCUT2D eigenvalue weighted by Gasteiger charge is -2.12. The van der Waals surface area contributed by atoms with Gasteiger partial charge in [0.2, 0.25) is 0 Å². The van der Waals surface area contributed by atoms with Crippen LogP contribution >= 0.6 is 0 Å². The Morgan fingerprint density at radius 3 is 2.69 bits per heavy atom. The predicted octanol–water partition coefficient (Wildman–Crippen LogP) is 0.209. The lowest BCUT2D eigenvalue weighted by Crippen LogP contribution is -2.40. The summed E-state index contributed by atoms with van der Waals surface area (Å²) in [6.45, 7) is 6.00. The van der Waals surface area contributed by atoms with Crippen LogP contribution in [0.25, 0.3) is 0 Å². The molecule has 0 aromatic heterocycles. The van der Waals surface area contributed by atoms with Gasteiger partial charge in [0.1, 0.15) is 0 Å². The van der Waals surface area contributed by atoms with Crippen molar-refractivity contribution in [1.29, 1.82) is 0 Å². The first-order valence-electron chi connectivity index (χ1n) is 5.97. The van der Waals surface area contributed by atoms with Crippen LogP contribution in [-0.2, 0) is 10.2 Å². The third-order valence-corrected chi connectivity index (χ3v) is 3.76. The van der Waals surface area contributed by atoms with Gasteiger partial charge in [0.15, 0.2) is 0 Å².